The van der Waals surface area contributed by atoms with Gasteiger partial charge in [-0.1, -0.05) is 12.0 Å². The molecule has 2 aromatic carbocycles. The number of hydrogen-bond donors (Lipinski definition) is 1. The molecule has 28 heavy (non-hydrogen) atoms. The number of terminal acetylenes is 1. The van der Waals surface area contributed by atoms with Gasteiger partial charge in [0.1, 0.15) is 12.4 Å². The van der Waals surface area contributed by atoms with Gasteiger partial charge in [0.2, 0.25) is 5.91 Å². The molecule has 3 rings (SSSR count). The van der Waals surface area contributed by atoms with Crippen LogP contribution in [0.5, 0.6) is 0 Å². The molecule has 0 saturated carbocycles. The van der Waals surface area contributed by atoms with Gasteiger partial charge in [-0.2, -0.15) is 0 Å². The number of nitrogens with zero attached hydrogens (tertiary/aromatic N) is 2. The lowest BCUT2D eigenvalue weighted by Gasteiger charge is -2.22. The van der Waals surface area contributed by atoms with Crippen molar-refractivity contribution in [1.82, 2.24) is 9.88 Å². The Hall–Kier alpha value is -3.85. The molecule has 0 atom stereocenters. The highest BCUT2D eigenvalue weighted by atomic mass is 19.1. The maximum absolute atomic E-state index is 14.6. The number of benzene rings is 2. The lowest BCUT2D eigenvalue weighted by atomic mass is 10.1. The van der Waals surface area contributed by atoms with Crippen molar-refractivity contribution in [3.63, 3.8) is 0 Å². The zero-order valence-electron chi connectivity index (χ0n) is 15.2. The number of anilines is 1. The Bertz CT molecular complexity index is 1050. The van der Waals surface area contributed by atoms with Crippen molar-refractivity contribution in [2.75, 3.05) is 18.5 Å². The topological polar surface area (TPSA) is 54.3 Å². The van der Waals surface area contributed by atoms with Crippen LogP contribution >= 0.6 is 0 Å². The second-order valence-corrected chi connectivity index (χ2v) is 6.02. The zero-order chi connectivity index (χ0) is 20.1. The first-order valence-corrected chi connectivity index (χ1v) is 8.55. The van der Waals surface area contributed by atoms with Crippen molar-refractivity contribution in [1.29, 1.82) is 0 Å². The van der Waals surface area contributed by atoms with Crippen molar-refractivity contribution >= 4 is 17.5 Å². The Morgan fingerprint density at radius 3 is 2.54 bits per heavy atom. The predicted octanol–water partition coefficient (Wildman–Crippen LogP) is 2.99. The summed E-state index contributed by atoms with van der Waals surface area (Å²) in [6, 6.07) is 14.5. The number of nitrogens with one attached hydrogen (secondary N) is 1. The Balaban J connectivity index is 1.98. The average Bonchev–Trinajstić information content (AvgIpc) is 3.25. The third-order valence-electron chi connectivity index (χ3n) is 4.23. The second kappa shape index (κ2) is 8.23. The van der Waals surface area contributed by atoms with Crippen LogP contribution in [0.2, 0.25) is 0 Å². The average molecular weight is 375 g/mol. The summed E-state index contributed by atoms with van der Waals surface area (Å²) in [5, 5.41) is 2.49. The van der Waals surface area contributed by atoms with Gasteiger partial charge < -0.3 is 9.88 Å². The molecule has 5 nitrogen and oxygen atoms in total. The Labute approximate surface area is 162 Å². The number of likely N-dealkylation sites (N-methyl/N-ethyl adjacent to an activating group) is 1. The largest absolute Gasteiger partial charge is 0.358 e. The van der Waals surface area contributed by atoms with Crippen LogP contribution in [-0.2, 0) is 4.79 Å². The molecule has 6 heteroatoms. The van der Waals surface area contributed by atoms with E-state index in [0.29, 0.717) is 16.9 Å². The maximum atomic E-state index is 14.6. The molecular formula is C22H18FN3O2. The van der Waals surface area contributed by atoms with E-state index < -0.39 is 11.7 Å². The molecule has 1 aromatic heterocycles. The first-order chi connectivity index (χ1) is 13.5. The van der Waals surface area contributed by atoms with Gasteiger partial charge in [0.05, 0.1) is 5.69 Å². The van der Waals surface area contributed by atoms with Crippen LogP contribution < -0.4 is 10.2 Å². The van der Waals surface area contributed by atoms with Crippen LogP contribution in [0, 0.1) is 18.2 Å². The molecule has 0 bridgehead atoms. The van der Waals surface area contributed by atoms with E-state index in [4.69, 9.17) is 6.42 Å². The number of hydrogen-bond acceptors (Lipinski definition) is 2. The van der Waals surface area contributed by atoms with Gasteiger partial charge in [0.25, 0.3) is 5.91 Å². The highest BCUT2D eigenvalue weighted by Crippen LogP contribution is 2.21. The predicted molar refractivity (Wildman–Crippen MR) is 106 cm³/mol. The third kappa shape index (κ3) is 3.94. The van der Waals surface area contributed by atoms with E-state index in [1.807, 2.05) is 0 Å². The standard InChI is InChI=1S/C22H18FN3O2/c1-3-16-7-6-8-18(13-16)26(15-21(27)24-2)22(28)17-9-10-20(19(23)14-17)25-11-4-5-12-25/h1,4-14H,15H2,2H3,(H,24,27). The molecule has 0 unspecified atom stereocenters. The number of carbonyl (C=O) groups excluding carboxylic acids is 2. The minimum atomic E-state index is -0.542. The molecule has 0 fully saturated rings. The van der Waals surface area contributed by atoms with Crippen LogP contribution in [-0.4, -0.2) is 30.0 Å². The van der Waals surface area contributed by atoms with Crippen LogP contribution in [0.3, 0.4) is 0 Å². The number of aromatic nitrogens is 1. The molecule has 0 aliphatic rings. The summed E-state index contributed by atoms with van der Waals surface area (Å²) < 4.78 is 16.2. The van der Waals surface area contributed by atoms with Crippen molar-refractivity contribution in [3.05, 3.63) is 83.9 Å². The van der Waals surface area contributed by atoms with Crippen molar-refractivity contribution in [3.8, 4) is 18.0 Å². The summed E-state index contributed by atoms with van der Waals surface area (Å²) in [6.07, 6.45) is 8.85. The summed E-state index contributed by atoms with van der Waals surface area (Å²) in [5.41, 5.74) is 1.48. The minimum Gasteiger partial charge on any atom is -0.358 e. The third-order valence-corrected chi connectivity index (χ3v) is 4.23. The molecule has 1 heterocycles. The van der Waals surface area contributed by atoms with E-state index in [9.17, 15) is 14.0 Å². The monoisotopic (exact) mass is 375 g/mol. The van der Waals surface area contributed by atoms with E-state index in [1.165, 1.54) is 30.1 Å². The summed E-state index contributed by atoms with van der Waals surface area (Å²) in [4.78, 5) is 26.3. The van der Waals surface area contributed by atoms with Crippen LogP contribution in [0.15, 0.2) is 67.0 Å². The lowest BCUT2D eigenvalue weighted by Crippen LogP contribution is -2.39. The summed E-state index contributed by atoms with van der Waals surface area (Å²) in [7, 11) is 1.48. The number of rotatable bonds is 5. The SMILES string of the molecule is C#Cc1cccc(N(CC(=O)NC)C(=O)c2ccc(-n3cccc3)c(F)c2)c1. The number of halogens is 1. The van der Waals surface area contributed by atoms with Crippen LogP contribution in [0.1, 0.15) is 15.9 Å². The van der Waals surface area contributed by atoms with Gasteiger partial charge in [-0.25, -0.2) is 4.39 Å². The zero-order valence-corrected chi connectivity index (χ0v) is 15.2. The summed E-state index contributed by atoms with van der Waals surface area (Å²) in [6.45, 7) is -0.218. The van der Waals surface area contributed by atoms with Crippen molar-refractivity contribution < 1.29 is 14.0 Å². The number of carbonyl (C=O) groups is 2. The normalized spacial score (nSPS) is 10.2. The van der Waals surface area contributed by atoms with Gasteiger partial charge in [0, 0.05) is 36.3 Å². The molecule has 0 saturated heterocycles. The molecule has 0 aliphatic heterocycles. The quantitative estimate of drug-likeness (QED) is 0.697. The first-order valence-electron chi connectivity index (χ1n) is 8.55. The Kier molecular flexibility index (Phi) is 5.56. The smallest absolute Gasteiger partial charge is 0.258 e. The Morgan fingerprint density at radius 1 is 1.14 bits per heavy atom. The molecule has 3 aromatic rings. The molecule has 0 aliphatic carbocycles. The first kappa shape index (κ1) is 18.9. The van der Waals surface area contributed by atoms with Crippen LogP contribution in [0.25, 0.3) is 5.69 Å². The van der Waals surface area contributed by atoms with E-state index in [2.05, 4.69) is 11.2 Å². The van der Waals surface area contributed by atoms with E-state index in [0.717, 1.165) is 0 Å². The van der Waals surface area contributed by atoms with Gasteiger partial charge in [-0.05, 0) is 48.5 Å². The molecule has 1 N–H and O–H groups in total. The van der Waals surface area contributed by atoms with Crippen molar-refractivity contribution in [2.45, 2.75) is 0 Å². The second-order valence-electron chi connectivity index (χ2n) is 6.02. The van der Waals surface area contributed by atoms with Gasteiger partial charge in [-0.3, -0.25) is 14.5 Å². The molecule has 0 spiro atoms. The maximum Gasteiger partial charge on any atom is 0.258 e. The molecule has 0 radical (unpaired) electrons. The van der Waals surface area contributed by atoms with Crippen LogP contribution in [0.4, 0.5) is 10.1 Å². The highest BCUT2D eigenvalue weighted by molar-refractivity contribution is 6.08. The molecular weight excluding hydrogens is 357 g/mol. The van der Waals surface area contributed by atoms with E-state index in [-0.39, 0.29) is 18.0 Å². The fourth-order valence-corrected chi connectivity index (χ4v) is 2.77. The van der Waals surface area contributed by atoms with Crippen molar-refractivity contribution in [2.24, 2.45) is 0 Å². The fraction of sp³-hybridized carbons (Fsp3) is 0.0909. The lowest BCUT2D eigenvalue weighted by molar-refractivity contribution is -0.119. The van der Waals surface area contributed by atoms with E-state index >= 15 is 0 Å². The van der Waals surface area contributed by atoms with E-state index in [1.54, 1.807) is 53.4 Å². The van der Waals surface area contributed by atoms with Gasteiger partial charge >= 0.3 is 0 Å². The molecule has 2 amide bonds. The molecule has 140 valence electrons. The number of amides is 2. The van der Waals surface area contributed by atoms with Gasteiger partial charge in [0.15, 0.2) is 0 Å². The fourth-order valence-electron chi connectivity index (χ4n) is 2.77. The minimum absolute atomic E-state index is 0.128. The highest BCUT2D eigenvalue weighted by Gasteiger charge is 2.22. The van der Waals surface area contributed by atoms with Gasteiger partial charge in [-0.15, -0.1) is 6.42 Å². The summed E-state index contributed by atoms with van der Waals surface area (Å²) >= 11 is 0. The Morgan fingerprint density at radius 2 is 1.89 bits per heavy atom. The summed E-state index contributed by atoms with van der Waals surface area (Å²) in [5.74, 6) is 1.10.